The molecule has 12 nitrogen and oxygen atoms in total. The number of nitrogens with one attached hydrogen (secondary N) is 2. The van der Waals surface area contributed by atoms with Crippen LogP contribution < -0.4 is 15.5 Å². The second kappa shape index (κ2) is 14.0. The Kier molecular flexibility index (Phi) is 9.76. The molecule has 1 aromatic carbocycles. The molecule has 3 aliphatic rings. The summed E-state index contributed by atoms with van der Waals surface area (Å²) in [6.07, 6.45) is 1.48. The van der Waals surface area contributed by atoms with Gasteiger partial charge in [-0.2, -0.15) is 9.97 Å². The van der Waals surface area contributed by atoms with Crippen molar-refractivity contribution in [2.75, 3.05) is 49.6 Å². The summed E-state index contributed by atoms with van der Waals surface area (Å²) in [5.41, 5.74) is 0.428. The largest absolute Gasteiger partial charge is 0.444 e. The van der Waals surface area contributed by atoms with Gasteiger partial charge in [-0.15, -0.1) is 0 Å². The van der Waals surface area contributed by atoms with Crippen molar-refractivity contribution in [3.8, 4) is 5.82 Å². The molecule has 2 N–H and O–H groups in total. The van der Waals surface area contributed by atoms with Gasteiger partial charge in [0, 0.05) is 44.3 Å². The molecule has 6 rings (SSSR count). The van der Waals surface area contributed by atoms with Crippen LogP contribution >= 0.6 is 0 Å². The summed E-state index contributed by atoms with van der Waals surface area (Å²) in [4.78, 5) is 43.2. The summed E-state index contributed by atoms with van der Waals surface area (Å²) in [5, 5.41) is 6.76. The van der Waals surface area contributed by atoms with E-state index in [2.05, 4.69) is 15.6 Å². The van der Waals surface area contributed by atoms with Crippen molar-refractivity contribution < 1.29 is 27.8 Å². The predicted molar refractivity (Wildman–Crippen MR) is 173 cm³/mol. The maximum atomic E-state index is 14.2. The Morgan fingerprint density at radius 1 is 0.979 bits per heavy atom. The first-order valence-corrected chi connectivity index (χ1v) is 16.6. The van der Waals surface area contributed by atoms with Crippen LogP contribution in [0, 0.1) is 5.92 Å². The van der Waals surface area contributed by atoms with Crippen LogP contribution in [0.5, 0.6) is 0 Å². The number of carbonyl (C=O) groups is 2. The smallest absolute Gasteiger partial charge is 0.410 e. The van der Waals surface area contributed by atoms with Crippen molar-refractivity contribution in [2.45, 2.75) is 83.4 Å². The molecule has 3 aromatic rings. The molecule has 254 valence electrons. The molecule has 0 spiro atoms. The minimum atomic E-state index is -2.79. The van der Waals surface area contributed by atoms with Crippen molar-refractivity contribution in [3.63, 3.8) is 0 Å². The molecule has 2 aromatic heterocycles. The summed E-state index contributed by atoms with van der Waals surface area (Å²) in [6.45, 7) is 8.70. The molecule has 1 atom stereocenters. The maximum absolute atomic E-state index is 14.2. The molecule has 0 radical (unpaired) electrons. The van der Waals surface area contributed by atoms with E-state index in [1.165, 1.54) is 4.57 Å². The Labute approximate surface area is 273 Å². The minimum Gasteiger partial charge on any atom is -0.444 e. The standard InChI is InChI=1S/C33H44F2N8O4/c1-33(2,3)47-32(45)42-14-6-7-21(20-42)30(44)37-23-12-10-22(11-13-23)36-26-19-27(40-31(39-26)41-15-17-46-18-16-41)43-25-9-5-4-8-24(25)38-29(43)28(34)35/h4-5,8-9,19,21-23,28H,6-7,10-18,20H2,1-3H3,(H,37,44)(H,36,39,40)/t21-,22-,23-/m0/s1. The normalized spacial score (nSPS) is 22.4. The van der Waals surface area contributed by atoms with Crippen LogP contribution in [-0.2, 0) is 14.3 Å². The Morgan fingerprint density at radius 3 is 2.43 bits per heavy atom. The van der Waals surface area contributed by atoms with E-state index in [0.717, 1.165) is 38.5 Å². The number of benzene rings is 1. The topological polar surface area (TPSA) is 127 Å². The minimum absolute atomic E-state index is 0.0207. The quantitative estimate of drug-likeness (QED) is 0.359. The molecule has 1 saturated carbocycles. The van der Waals surface area contributed by atoms with Gasteiger partial charge in [-0.25, -0.2) is 18.6 Å². The molecule has 1 aliphatic carbocycles. The number of nitrogens with zero attached hydrogens (tertiary/aromatic N) is 6. The molecular weight excluding hydrogens is 610 g/mol. The zero-order chi connectivity index (χ0) is 33.1. The van der Waals surface area contributed by atoms with Crippen LogP contribution in [0.3, 0.4) is 0 Å². The number of halogens is 2. The number of aromatic nitrogens is 4. The van der Waals surface area contributed by atoms with E-state index in [0.29, 0.717) is 68.0 Å². The summed E-state index contributed by atoms with van der Waals surface area (Å²) >= 11 is 0. The molecule has 0 bridgehead atoms. The van der Waals surface area contributed by atoms with Gasteiger partial charge in [-0.05, 0) is 71.4 Å². The van der Waals surface area contributed by atoms with Gasteiger partial charge in [0.15, 0.2) is 5.82 Å². The van der Waals surface area contributed by atoms with Crippen LogP contribution in [-0.4, -0.2) is 93.5 Å². The van der Waals surface area contributed by atoms with Crippen molar-refractivity contribution in [1.29, 1.82) is 0 Å². The Morgan fingerprint density at radius 2 is 1.70 bits per heavy atom. The number of fused-ring (bicyclic) bond motifs is 1. The number of ether oxygens (including phenoxy) is 2. The molecule has 0 unspecified atom stereocenters. The number of hydrogen-bond acceptors (Lipinski definition) is 9. The number of carbonyl (C=O) groups excluding carboxylic acids is 2. The summed E-state index contributed by atoms with van der Waals surface area (Å²) < 4.78 is 40.9. The van der Waals surface area contributed by atoms with Crippen LogP contribution in [0.1, 0.15) is 71.5 Å². The van der Waals surface area contributed by atoms with Gasteiger partial charge in [0.25, 0.3) is 6.43 Å². The van der Waals surface area contributed by atoms with Crippen LogP contribution in [0.25, 0.3) is 16.9 Å². The van der Waals surface area contributed by atoms with E-state index in [1.807, 2.05) is 25.7 Å². The fourth-order valence-corrected chi connectivity index (χ4v) is 6.54. The Bertz CT molecular complexity index is 1560. The molecule has 14 heteroatoms. The van der Waals surface area contributed by atoms with E-state index >= 15 is 0 Å². The van der Waals surface area contributed by atoms with Crippen molar-refractivity contribution in [2.24, 2.45) is 5.92 Å². The summed E-state index contributed by atoms with van der Waals surface area (Å²) in [5.74, 6) is 0.663. The fourth-order valence-electron chi connectivity index (χ4n) is 6.54. The lowest BCUT2D eigenvalue weighted by molar-refractivity contribution is -0.127. The third-order valence-corrected chi connectivity index (χ3v) is 8.88. The van der Waals surface area contributed by atoms with Gasteiger partial charge in [-0.1, -0.05) is 12.1 Å². The number of likely N-dealkylation sites (tertiary alicyclic amines) is 1. The van der Waals surface area contributed by atoms with E-state index in [-0.39, 0.29) is 35.8 Å². The zero-order valence-corrected chi connectivity index (χ0v) is 27.3. The Balaban J connectivity index is 1.12. The van der Waals surface area contributed by atoms with E-state index in [4.69, 9.17) is 19.4 Å². The lowest BCUT2D eigenvalue weighted by Crippen LogP contribution is -2.49. The highest BCUT2D eigenvalue weighted by atomic mass is 19.3. The van der Waals surface area contributed by atoms with E-state index in [1.54, 1.807) is 35.2 Å². The number of alkyl halides is 2. The Hall–Kier alpha value is -4.07. The first-order chi connectivity index (χ1) is 22.5. The number of piperidine rings is 1. The molecule has 4 heterocycles. The number of morpholine rings is 1. The molecular formula is C33H44F2N8O4. The van der Waals surface area contributed by atoms with Gasteiger partial charge in [0.1, 0.15) is 17.2 Å². The SMILES string of the molecule is CC(C)(C)OC(=O)N1CCC[C@H](C(=O)N[C@H]2CC[C@H](Nc3cc(-n4c(C(F)F)nc5ccccc54)nc(N4CCOCC4)n3)CC2)C1. The number of amides is 2. The predicted octanol–water partition coefficient (Wildman–Crippen LogP) is 5.08. The van der Waals surface area contributed by atoms with Crippen LogP contribution in [0.4, 0.5) is 25.3 Å². The second-order valence-electron chi connectivity index (χ2n) is 13.6. The number of rotatable bonds is 7. The lowest BCUT2D eigenvalue weighted by atomic mass is 9.90. The number of imidazole rings is 1. The highest BCUT2D eigenvalue weighted by Crippen LogP contribution is 2.30. The third-order valence-electron chi connectivity index (χ3n) is 8.88. The van der Waals surface area contributed by atoms with Gasteiger partial charge in [0.2, 0.25) is 11.9 Å². The molecule has 2 saturated heterocycles. The summed E-state index contributed by atoms with van der Waals surface area (Å²) in [6, 6.07) is 8.86. The molecule has 2 aliphatic heterocycles. The number of hydrogen-bond donors (Lipinski definition) is 2. The highest BCUT2D eigenvalue weighted by molar-refractivity contribution is 5.80. The van der Waals surface area contributed by atoms with Crippen molar-refractivity contribution in [1.82, 2.24) is 29.7 Å². The van der Waals surface area contributed by atoms with Gasteiger partial charge >= 0.3 is 6.09 Å². The lowest BCUT2D eigenvalue weighted by Gasteiger charge is -2.35. The first-order valence-electron chi connectivity index (χ1n) is 16.6. The maximum Gasteiger partial charge on any atom is 0.410 e. The number of para-hydroxylation sites is 2. The zero-order valence-electron chi connectivity index (χ0n) is 27.3. The second-order valence-corrected chi connectivity index (χ2v) is 13.6. The third kappa shape index (κ3) is 7.91. The van der Waals surface area contributed by atoms with E-state index < -0.39 is 12.0 Å². The average molecular weight is 655 g/mol. The van der Waals surface area contributed by atoms with Gasteiger partial charge < -0.3 is 29.9 Å². The average Bonchev–Trinajstić information content (AvgIpc) is 3.46. The first kappa shape index (κ1) is 32.9. The van der Waals surface area contributed by atoms with Crippen LogP contribution in [0.2, 0.25) is 0 Å². The molecule has 2 amide bonds. The van der Waals surface area contributed by atoms with Gasteiger partial charge in [-0.3, -0.25) is 9.36 Å². The summed E-state index contributed by atoms with van der Waals surface area (Å²) in [7, 11) is 0. The number of anilines is 2. The van der Waals surface area contributed by atoms with Crippen LogP contribution in [0.15, 0.2) is 30.3 Å². The molecule has 47 heavy (non-hydrogen) atoms. The highest BCUT2D eigenvalue weighted by Gasteiger charge is 2.33. The van der Waals surface area contributed by atoms with Crippen molar-refractivity contribution in [3.05, 3.63) is 36.2 Å². The monoisotopic (exact) mass is 654 g/mol. The fraction of sp³-hybridized carbons (Fsp3) is 0.606. The molecule has 3 fully saturated rings. The van der Waals surface area contributed by atoms with Crippen molar-refractivity contribution >= 4 is 34.8 Å². The van der Waals surface area contributed by atoms with E-state index in [9.17, 15) is 18.4 Å². The van der Waals surface area contributed by atoms with Gasteiger partial charge in [0.05, 0.1) is 30.2 Å².